The Labute approximate surface area is 142 Å². The smallest absolute Gasteiger partial charge is 0.271 e. The van der Waals surface area contributed by atoms with E-state index >= 15 is 0 Å². The maximum absolute atomic E-state index is 12.1. The second kappa shape index (κ2) is 8.43. The van der Waals surface area contributed by atoms with Crippen LogP contribution in [-0.4, -0.2) is 28.5 Å². The highest BCUT2D eigenvalue weighted by atomic mass is 16.1. The number of anilines is 1. The number of amides is 1. The highest BCUT2D eigenvalue weighted by Crippen LogP contribution is 2.20. The van der Waals surface area contributed by atoms with Crippen LogP contribution in [0.3, 0.4) is 0 Å². The predicted molar refractivity (Wildman–Crippen MR) is 95.0 cm³/mol. The molecule has 1 aromatic heterocycles. The molecule has 1 fully saturated rings. The van der Waals surface area contributed by atoms with Crippen molar-refractivity contribution in [1.29, 1.82) is 0 Å². The number of hydrogen-bond donors (Lipinski definition) is 2. The van der Waals surface area contributed by atoms with Crippen molar-refractivity contribution in [2.75, 3.05) is 11.9 Å². The summed E-state index contributed by atoms with van der Waals surface area (Å²) in [6, 6.07) is 10.8. The minimum absolute atomic E-state index is 0.164. The van der Waals surface area contributed by atoms with Gasteiger partial charge in [0, 0.05) is 12.6 Å². The van der Waals surface area contributed by atoms with Gasteiger partial charge in [-0.25, -0.2) is 9.97 Å². The molecule has 3 rings (SSSR count). The number of nitrogens with zero attached hydrogens (tertiary/aromatic N) is 2. The van der Waals surface area contributed by atoms with Crippen molar-refractivity contribution in [1.82, 2.24) is 15.3 Å². The van der Waals surface area contributed by atoms with Crippen LogP contribution in [0.25, 0.3) is 0 Å². The Hall–Kier alpha value is -2.43. The number of benzene rings is 1. The quantitative estimate of drug-likeness (QED) is 0.768. The van der Waals surface area contributed by atoms with Gasteiger partial charge in [0.25, 0.3) is 5.91 Å². The number of rotatable bonds is 7. The highest BCUT2D eigenvalue weighted by Gasteiger charge is 2.15. The summed E-state index contributed by atoms with van der Waals surface area (Å²) in [6.07, 6.45) is 9.97. The molecule has 5 nitrogen and oxygen atoms in total. The molecular formula is C19H24N4O. The van der Waals surface area contributed by atoms with Gasteiger partial charge in [0.05, 0.1) is 12.4 Å². The van der Waals surface area contributed by atoms with E-state index < -0.39 is 0 Å². The minimum atomic E-state index is -0.164. The Morgan fingerprint density at radius 3 is 2.58 bits per heavy atom. The topological polar surface area (TPSA) is 66.9 Å². The molecule has 0 atom stereocenters. The fraction of sp³-hybridized carbons (Fsp3) is 0.421. The monoisotopic (exact) mass is 324 g/mol. The first kappa shape index (κ1) is 16.4. The molecule has 1 amide bonds. The highest BCUT2D eigenvalue weighted by molar-refractivity contribution is 5.91. The summed E-state index contributed by atoms with van der Waals surface area (Å²) in [5.41, 5.74) is 1.65. The minimum Gasteiger partial charge on any atom is -0.366 e. The van der Waals surface area contributed by atoms with Gasteiger partial charge in [-0.3, -0.25) is 4.79 Å². The summed E-state index contributed by atoms with van der Waals surface area (Å²) in [5, 5.41) is 6.27. The van der Waals surface area contributed by atoms with Crippen molar-refractivity contribution >= 4 is 11.7 Å². The molecule has 0 aliphatic heterocycles. The molecule has 1 aromatic carbocycles. The van der Waals surface area contributed by atoms with Crippen LogP contribution >= 0.6 is 0 Å². The molecule has 1 aliphatic carbocycles. The third-order valence-corrected chi connectivity index (χ3v) is 4.36. The number of hydrogen-bond acceptors (Lipinski definition) is 4. The van der Waals surface area contributed by atoms with Crippen LogP contribution in [0.5, 0.6) is 0 Å². The molecule has 1 heterocycles. The van der Waals surface area contributed by atoms with Gasteiger partial charge in [0.2, 0.25) is 0 Å². The summed E-state index contributed by atoms with van der Waals surface area (Å²) in [4.78, 5) is 20.6. The average molecular weight is 324 g/mol. The molecule has 1 saturated carbocycles. The van der Waals surface area contributed by atoms with Gasteiger partial charge in [-0.1, -0.05) is 43.2 Å². The van der Waals surface area contributed by atoms with Crippen molar-refractivity contribution in [2.45, 2.75) is 44.6 Å². The molecule has 24 heavy (non-hydrogen) atoms. The first-order chi connectivity index (χ1) is 11.8. The van der Waals surface area contributed by atoms with Gasteiger partial charge >= 0.3 is 0 Å². The Balaban J connectivity index is 1.41. The first-order valence-electron chi connectivity index (χ1n) is 8.72. The molecule has 5 heteroatoms. The molecule has 2 aromatic rings. The molecule has 1 aliphatic rings. The first-order valence-corrected chi connectivity index (χ1v) is 8.72. The number of carbonyl (C=O) groups is 1. The van der Waals surface area contributed by atoms with Crippen LogP contribution in [0.2, 0.25) is 0 Å². The van der Waals surface area contributed by atoms with Gasteiger partial charge in [0.1, 0.15) is 11.5 Å². The summed E-state index contributed by atoms with van der Waals surface area (Å²) >= 11 is 0. The lowest BCUT2D eigenvalue weighted by molar-refractivity contribution is 0.0948. The lowest BCUT2D eigenvalue weighted by Gasteiger charge is -2.12. The van der Waals surface area contributed by atoms with E-state index in [1.54, 1.807) is 12.4 Å². The number of aromatic nitrogens is 2. The van der Waals surface area contributed by atoms with E-state index in [1.807, 2.05) is 18.2 Å². The molecule has 0 saturated heterocycles. The Morgan fingerprint density at radius 1 is 1.08 bits per heavy atom. The van der Waals surface area contributed by atoms with Crippen molar-refractivity contribution < 1.29 is 4.79 Å². The van der Waals surface area contributed by atoms with Crippen LogP contribution in [0, 0.1) is 0 Å². The Kier molecular flexibility index (Phi) is 5.77. The van der Waals surface area contributed by atoms with Gasteiger partial charge in [0.15, 0.2) is 0 Å². The van der Waals surface area contributed by atoms with E-state index in [4.69, 9.17) is 0 Å². The van der Waals surface area contributed by atoms with E-state index in [9.17, 15) is 4.79 Å². The fourth-order valence-electron chi connectivity index (χ4n) is 3.03. The Bertz CT molecular complexity index is 636. The van der Waals surface area contributed by atoms with E-state index in [0.29, 0.717) is 18.3 Å². The van der Waals surface area contributed by atoms with Gasteiger partial charge < -0.3 is 10.6 Å². The number of carbonyl (C=O) groups excluding carboxylic acids is 1. The van der Waals surface area contributed by atoms with Crippen molar-refractivity contribution in [3.8, 4) is 0 Å². The maximum Gasteiger partial charge on any atom is 0.271 e. The van der Waals surface area contributed by atoms with Crippen molar-refractivity contribution in [3.05, 3.63) is 54.0 Å². The van der Waals surface area contributed by atoms with Crippen molar-refractivity contribution in [2.24, 2.45) is 0 Å². The zero-order valence-electron chi connectivity index (χ0n) is 13.9. The summed E-state index contributed by atoms with van der Waals surface area (Å²) in [5.74, 6) is 0.588. The molecule has 0 bridgehead atoms. The van der Waals surface area contributed by atoms with Gasteiger partial charge in [-0.05, 0) is 31.2 Å². The van der Waals surface area contributed by atoms with Crippen LogP contribution in [0.4, 0.5) is 5.82 Å². The predicted octanol–water partition coefficient (Wildman–Crippen LogP) is 3.19. The fourth-order valence-corrected chi connectivity index (χ4v) is 3.03. The third-order valence-electron chi connectivity index (χ3n) is 4.36. The SMILES string of the molecule is O=C(NCCCc1ccccc1)c1cnc(NC2CCCC2)cn1. The lowest BCUT2D eigenvalue weighted by Crippen LogP contribution is -2.26. The summed E-state index contributed by atoms with van der Waals surface area (Å²) in [7, 11) is 0. The van der Waals surface area contributed by atoms with Crippen LogP contribution in [-0.2, 0) is 6.42 Å². The Morgan fingerprint density at radius 2 is 1.88 bits per heavy atom. The molecule has 126 valence electrons. The molecule has 0 spiro atoms. The summed E-state index contributed by atoms with van der Waals surface area (Å²) in [6.45, 7) is 0.636. The van der Waals surface area contributed by atoms with Crippen molar-refractivity contribution in [3.63, 3.8) is 0 Å². The third kappa shape index (κ3) is 4.78. The molecular weight excluding hydrogens is 300 g/mol. The zero-order chi connectivity index (χ0) is 16.6. The normalized spacial score (nSPS) is 14.5. The van der Waals surface area contributed by atoms with Crippen LogP contribution in [0.1, 0.15) is 48.2 Å². The van der Waals surface area contributed by atoms with E-state index in [1.165, 1.54) is 31.2 Å². The largest absolute Gasteiger partial charge is 0.366 e. The maximum atomic E-state index is 12.1. The standard InChI is InChI=1S/C19H24N4O/c24-19(20-12-6-9-15-7-2-1-3-8-15)17-13-22-18(14-21-17)23-16-10-4-5-11-16/h1-3,7-8,13-14,16H,4-6,9-12H2,(H,20,24)(H,22,23). The van der Waals surface area contributed by atoms with Gasteiger partial charge in [-0.2, -0.15) is 0 Å². The van der Waals surface area contributed by atoms with E-state index in [-0.39, 0.29) is 5.91 Å². The number of nitrogens with one attached hydrogen (secondary N) is 2. The molecule has 0 unspecified atom stereocenters. The van der Waals surface area contributed by atoms with Gasteiger partial charge in [-0.15, -0.1) is 0 Å². The lowest BCUT2D eigenvalue weighted by atomic mass is 10.1. The molecule has 0 radical (unpaired) electrons. The number of aryl methyl sites for hydroxylation is 1. The molecule has 2 N–H and O–H groups in total. The second-order valence-electron chi connectivity index (χ2n) is 6.26. The zero-order valence-corrected chi connectivity index (χ0v) is 13.9. The van der Waals surface area contributed by atoms with Crippen LogP contribution in [0.15, 0.2) is 42.7 Å². The van der Waals surface area contributed by atoms with Crippen LogP contribution < -0.4 is 10.6 Å². The summed E-state index contributed by atoms with van der Waals surface area (Å²) < 4.78 is 0. The van der Waals surface area contributed by atoms with E-state index in [2.05, 4.69) is 32.7 Å². The second-order valence-corrected chi connectivity index (χ2v) is 6.26. The average Bonchev–Trinajstić information content (AvgIpc) is 3.13. The van der Waals surface area contributed by atoms with E-state index in [0.717, 1.165) is 18.7 Å².